The topological polar surface area (TPSA) is 30.7 Å². The van der Waals surface area contributed by atoms with Crippen LogP contribution in [0.5, 0.6) is 0 Å². The summed E-state index contributed by atoms with van der Waals surface area (Å²) in [6.07, 6.45) is 11.3. The van der Waals surface area contributed by atoms with Crippen LogP contribution in [0.25, 0.3) is 0 Å². The van der Waals surface area contributed by atoms with E-state index in [1.54, 1.807) is 0 Å². The van der Waals surface area contributed by atoms with Crippen molar-refractivity contribution in [3.05, 3.63) is 35.4 Å². The van der Waals surface area contributed by atoms with Crippen LogP contribution in [0.1, 0.15) is 51.2 Å². The van der Waals surface area contributed by atoms with Gasteiger partial charge in [-0.15, -0.1) is 10.2 Å². The van der Waals surface area contributed by atoms with Crippen LogP contribution < -0.4 is 0 Å². The van der Waals surface area contributed by atoms with Crippen molar-refractivity contribution in [3.8, 4) is 0 Å². The summed E-state index contributed by atoms with van der Waals surface area (Å²) in [4.78, 5) is 0. The van der Waals surface area contributed by atoms with Crippen LogP contribution in [0.3, 0.4) is 0 Å². The van der Waals surface area contributed by atoms with Crippen LogP contribution in [0.4, 0.5) is 0 Å². The van der Waals surface area contributed by atoms with Crippen molar-refractivity contribution in [1.29, 1.82) is 0 Å². The van der Waals surface area contributed by atoms with E-state index in [0.717, 1.165) is 24.5 Å². The highest BCUT2D eigenvalue weighted by atomic mass is 15.3. The van der Waals surface area contributed by atoms with Gasteiger partial charge in [0.15, 0.2) is 0 Å². The number of hydrogen-bond donors (Lipinski definition) is 0. The van der Waals surface area contributed by atoms with Gasteiger partial charge in [-0.3, -0.25) is 0 Å². The van der Waals surface area contributed by atoms with Crippen LogP contribution >= 0.6 is 0 Å². The van der Waals surface area contributed by atoms with Crippen LogP contribution in [0, 0.1) is 6.92 Å². The van der Waals surface area contributed by atoms with Crippen molar-refractivity contribution in [2.45, 2.75) is 51.9 Å². The zero-order valence-electron chi connectivity index (χ0n) is 11.9. The number of hydrogen-bond acceptors (Lipinski definition) is 2. The number of aromatic nitrogens is 3. The first-order valence-electron chi connectivity index (χ1n) is 6.81. The molecule has 0 saturated heterocycles. The predicted molar refractivity (Wildman–Crippen MR) is 74.5 cm³/mol. The van der Waals surface area contributed by atoms with Gasteiger partial charge in [0.25, 0.3) is 0 Å². The van der Waals surface area contributed by atoms with Gasteiger partial charge >= 0.3 is 0 Å². The van der Waals surface area contributed by atoms with Crippen LogP contribution in [0.2, 0.25) is 0 Å². The molecule has 0 atom stereocenters. The molecule has 1 aromatic heterocycles. The predicted octanol–water partition coefficient (Wildman–Crippen LogP) is 3.46. The minimum atomic E-state index is 0.246. The molecule has 1 fully saturated rings. The number of rotatable bonds is 5. The molecule has 0 N–H and O–H groups in total. The molecule has 0 unspecified atom stereocenters. The fraction of sp³-hybridized carbons (Fsp3) is 0.600. The lowest BCUT2D eigenvalue weighted by Crippen LogP contribution is -2.14. The average Bonchev–Trinajstić information content (AvgIpc) is 3.07. The lowest BCUT2D eigenvalue weighted by molar-refractivity contribution is 0.597. The third-order valence-electron chi connectivity index (χ3n) is 3.90. The Morgan fingerprint density at radius 2 is 2.11 bits per heavy atom. The smallest absolute Gasteiger partial charge is 0.139 e. The number of nitrogens with zero attached hydrogens (tertiary/aromatic N) is 3. The molecule has 2 rings (SSSR count). The van der Waals surface area contributed by atoms with E-state index in [2.05, 4.69) is 53.9 Å². The van der Waals surface area contributed by atoms with Gasteiger partial charge in [-0.25, -0.2) is 0 Å². The van der Waals surface area contributed by atoms with E-state index in [1.807, 2.05) is 6.92 Å². The van der Waals surface area contributed by atoms with E-state index in [0.29, 0.717) is 0 Å². The first-order chi connectivity index (χ1) is 8.63. The van der Waals surface area contributed by atoms with Gasteiger partial charge in [0.1, 0.15) is 11.6 Å². The molecular weight excluding hydrogens is 222 g/mol. The molecule has 98 valence electrons. The normalized spacial score (nSPS) is 18.6. The Hall–Kier alpha value is -1.38. The van der Waals surface area contributed by atoms with Gasteiger partial charge in [-0.1, -0.05) is 30.7 Å². The Morgan fingerprint density at radius 3 is 2.56 bits per heavy atom. The molecule has 1 aliphatic carbocycles. The van der Waals surface area contributed by atoms with Crippen molar-refractivity contribution >= 4 is 0 Å². The number of aryl methyl sites for hydroxylation is 1. The van der Waals surface area contributed by atoms with Crippen molar-refractivity contribution in [2.75, 3.05) is 0 Å². The van der Waals surface area contributed by atoms with E-state index in [1.165, 1.54) is 18.4 Å². The van der Waals surface area contributed by atoms with Gasteiger partial charge < -0.3 is 4.57 Å². The van der Waals surface area contributed by atoms with Gasteiger partial charge in [-0.2, -0.15) is 0 Å². The Labute approximate surface area is 110 Å². The fourth-order valence-electron chi connectivity index (χ4n) is 2.42. The first kappa shape index (κ1) is 13.1. The zero-order valence-corrected chi connectivity index (χ0v) is 11.9. The summed E-state index contributed by atoms with van der Waals surface area (Å²) in [6.45, 7) is 6.30. The first-order valence-corrected chi connectivity index (χ1v) is 6.81. The Balaban J connectivity index is 2.18. The van der Waals surface area contributed by atoms with Crippen LogP contribution in [-0.4, -0.2) is 14.8 Å². The maximum absolute atomic E-state index is 4.38. The molecule has 18 heavy (non-hydrogen) atoms. The SMILES string of the molecule is C/C=C(\C=C/CC)CC1(c2nnc(C)n2C)CC1. The van der Waals surface area contributed by atoms with Crippen molar-refractivity contribution in [1.82, 2.24) is 14.8 Å². The van der Waals surface area contributed by atoms with Crippen LogP contribution in [0.15, 0.2) is 23.8 Å². The fourth-order valence-corrected chi connectivity index (χ4v) is 2.42. The van der Waals surface area contributed by atoms with Gasteiger partial charge in [0.05, 0.1) is 0 Å². The Morgan fingerprint density at radius 1 is 1.39 bits per heavy atom. The molecule has 1 aliphatic rings. The zero-order chi connectivity index (χ0) is 13.2. The van der Waals surface area contributed by atoms with E-state index in [4.69, 9.17) is 0 Å². The largest absolute Gasteiger partial charge is 0.318 e. The minimum Gasteiger partial charge on any atom is -0.318 e. The van der Waals surface area contributed by atoms with E-state index in [-0.39, 0.29) is 5.41 Å². The van der Waals surface area contributed by atoms with Gasteiger partial charge in [-0.05, 0) is 39.5 Å². The third kappa shape index (κ3) is 2.40. The van der Waals surface area contributed by atoms with Crippen LogP contribution in [-0.2, 0) is 12.5 Å². The summed E-state index contributed by atoms with van der Waals surface area (Å²) in [5.74, 6) is 2.16. The Kier molecular flexibility index (Phi) is 3.69. The highest BCUT2D eigenvalue weighted by molar-refractivity contribution is 5.29. The standard InChI is InChI=1S/C15H23N3/c1-5-7-8-13(6-2)11-15(9-10-15)14-17-16-12(3)18(14)4/h6-8H,5,9-11H2,1-4H3/b8-7-,13-6+. The van der Waals surface area contributed by atoms with E-state index >= 15 is 0 Å². The van der Waals surface area contributed by atoms with Crippen molar-refractivity contribution in [3.63, 3.8) is 0 Å². The summed E-state index contributed by atoms with van der Waals surface area (Å²) in [5, 5.41) is 8.57. The average molecular weight is 245 g/mol. The Bertz CT molecular complexity index is 476. The molecule has 1 aromatic rings. The summed E-state index contributed by atoms with van der Waals surface area (Å²) in [7, 11) is 2.07. The number of allylic oxidation sites excluding steroid dienone is 4. The van der Waals surface area contributed by atoms with E-state index in [9.17, 15) is 0 Å². The maximum atomic E-state index is 4.38. The molecular formula is C15H23N3. The molecule has 0 aromatic carbocycles. The second-order valence-electron chi connectivity index (χ2n) is 5.26. The summed E-state index contributed by atoms with van der Waals surface area (Å²) < 4.78 is 2.14. The molecule has 0 amide bonds. The molecule has 0 bridgehead atoms. The van der Waals surface area contributed by atoms with Crippen molar-refractivity contribution in [2.24, 2.45) is 7.05 Å². The van der Waals surface area contributed by atoms with Crippen molar-refractivity contribution < 1.29 is 0 Å². The monoisotopic (exact) mass is 245 g/mol. The molecule has 0 spiro atoms. The lowest BCUT2D eigenvalue weighted by Gasteiger charge is -2.15. The second kappa shape index (κ2) is 5.09. The molecule has 0 radical (unpaired) electrons. The molecule has 3 nitrogen and oxygen atoms in total. The highest BCUT2D eigenvalue weighted by Gasteiger charge is 2.48. The molecule has 0 aliphatic heterocycles. The maximum Gasteiger partial charge on any atom is 0.139 e. The molecule has 3 heteroatoms. The lowest BCUT2D eigenvalue weighted by atomic mass is 9.94. The molecule has 1 saturated carbocycles. The minimum absolute atomic E-state index is 0.246. The summed E-state index contributed by atoms with van der Waals surface area (Å²) >= 11 is 0. The van der Waals surface area contributed by atoms with Gasteiger partial charge in [0.2, 0.25) is 0 Å². The second-order valence-corrected chi connectivity index (χ2v) is 5.26. The van der Waals surface area contributed by atoms with E-state index < -0.39 is 0 Å². The highest BCUT2D eigenvalue weighted by Crippen LogP contribution is 2.51. The summed E-state index contributed by atoms with van der Waals surface area (Å²) in [6, 6.07) is 0. The van der Waals surface area contributed by atoms with Gasteiger partial charge in [0, 0.05) is 12.5 Å². The summed E-state index contributed by atoms with van der Waals surface area (Å²) in [5.41, 5.74) is 1.66. The quantitative estimate of drug-likeness (QED) is 0.744. The molecule has 1 heterocycles. The third-order valence-corrected chi connectivity index (χ3v) is 3.90.